The summed E-state index contributed by atoms with van der Waals surface area (Å²) in [4.78, 5) is 16.9. The van der Waals surface area contributed by atoms with E-state index in [0.717, 1.165) is 57.3 Å². The molecular weight excluding hydrogens is 362 g/mol. The largest absolute Gasteiger partial charge is 0.372 e. The molecule has 1 fully saturated rings. The average molecular weight is 396 g/mol. The van der Waals surface area contributed by atoms with E-state index in [1.165, 1.54) is 4.31 Å². The number of hydrogen-bond acceptors (Lipinski definition) is 4. The van der Waals surface area contributed by atoms with E-state index in [-0.39, 0.29) is 18.5 Å². The quantitative estimate of drug-likeness (QED) is 0.679. The molecule has 0 N–H and O–H groups in total. The molecule has 0 spiro atoms. The Morgan fingerprint density at radius 3 is 2.19 bits per heavy atom. The molecule has 0 radical (unpaired) electrons. The Hall–Kier alpha value is -1.76. The highest BCUT2D eigenvalue weighted by Gasteiger charge is 2.29. The van der Waals surface area contributed by atoms with Crippen molar-refractivity contribution in [2.75, 3.05) is 41.6 Å². The van der Waals surface area contributed by atoms with Crippen LogP contribution in [0.25, 0.3) is 0 Å². The Morgan fingerprint density at radius 2 is 1.67 bits per heavy atom. The SMILES string of the molecule is CCC1CCCCN1C(=O)CN(c1ccc(N(CC)CC)cc1)S(C)(=O)=O. The van der Waals surface area contributed by atoms with E-state index in [4.69, 9.17) is 0 Å². The first kappa shape index (κ1) is 21.5. The normalized spacial score (nSPS) is 17.6. The summed E-state index contributed by atoms with van der Waals surface area (Å²) in [5.74, 6) is -0.111. The maximum absolute atomic E-state index is 12.9. The summed E-state index contributed by atoms with van der Waals surface area (Å²) in [7, 11) is -3.55. The molecule has 0 bridgehead atoms. The minimum Gasteiger partial charge on any atom is -0.372 e. The van der Waals surface area contributed by atoms with Crippen LogP contribution in [0.3, 0.4) is 0 Å². The Balaban J connectivity index is 2.22. The van der Waals surface area contributed by atoms with Gasteiger partial charge in [-0.25, -0.2) is 8.42 Å². The third kappa shape index (κ3) is 5.37. The van der Waals surface area contributed by atoms with Gasteiger partial charge in [-0.15, -0.1) is 0 Å². The molecular formula is C20H33N3O3S. The molecule has 0 aromatic heterocycles. The lowest BCUT2D eigenvalue weighted by atomic mass is 10.00. The Kier molecular flexibility index (Phi) is 7.53. The number of carbonyl (C=O) groups is 1. The van der Waals surface area contributed by atoms with E-state index in [1.54, 1.807) is 12.1 Å². The van der Waals surface area contributed by atoms with E-state index >= 15 is 0 Å². The van der Waals surface area contributed by atoms with E-state index in [9.17, 15) is 13.2 Å². The lowest BCUT2D eigenvalue weighted by Gasteiger charge is -2.36. The average Bonchev–Trinajstić information content (AvgIpc) is 2.66. The molecule has 27 heavy (non-hydrogen) atoms. The number of carbonyl (C=O) groups excluding carboxylic acids is 1. The number of nitrogens with zero attached hydrogens (tertiary/aromatic N) is 3. The highest BCUT2D eigenvalue weighted by Crippen LogP contribution is 2.24. The van der Waals surface area contributed by atoms with Crippen LogP contribution in [0.5, 0.6) is 0 Å². The molecule has 1 aromatic rings. The second-order valence-corrected chi connectivity index (χ2v) is 9.01. The molecule has 1 saturated heterocycles. The first-order valence-corrected chi connectivity index (χ1v) is 11.8. The van der Waals surface area contributed by atoms with Crippen LogP contribution in [0.2, 0.25) is 0 Å². The summed E-state index contributed by atoms with van der Waals surface area (Å²) < 4.78 is 26.0. The fourth-order valence-corrected chi connectivity index (χ4v) is 4.64. The van der Waals surface area contributed by atoms with Gasteiger partial charge in [0, 0.05) is 31.4 Å². The van der Waals surface area contributed by atoms with E-state index in [2.05, 4.69) is 25.7 Å². The molecule has 1 atom stereocenters. The van der Waals surface area contributed by atoms with Crippen molar-refractivity contribution in [3.63, 3.8) is 0 Å². The molecule has 152 valence electrons. The third-order valence-electron chi connectivity index (χ3n) is 5.36. The van der Waals surface area contributed by atoms with Crippen LogP contribution in [0.15, 0.2) is 24.3 Å². The number of hydrogen-bond donors (Lipinski definition) is 0. The van der Waals surface area contributed by atoms with Gasteiger partial charge in [0.1, 0.15) is 6.54 Å². The molecule has 1 aliphatic heterocycles. The Bertz CT molecular complexity index is 714. The van der Waals surface area contributed by atoms with Crippen LogP contribution in [0, 0.1) is 0 Å². The van der Waals surface area contributed by atoms with Gasteiger partial charge < -0.3 is 9.80 Å². The molecule has 6 nitrogen and oxygen atoms in total. The molecule has 0 aliphatic carbocycles. The minimum atomic E-state index is -3.55. The van der Waals surface area contributed by atoms with Gasteiger partial charge in [-0.3, -0.25) is 9.10 Å². The molecule has 2 rings (SSSR count). The summed E-state index contributed by atoms with van der Waals surface area (Å²) in [6.45, 7) is 8.60. The van der Waals surface area contributed by atoms with Crippen molar-refractivity contribution in [2.45, 2.75) is 52.5 Å². The van der Waals surface area contributed by atoms with Crippen molar-refractivity contribution in [3.8, 4) is 0 Å². The molecule has 1 aromatic carbocycles. The lowest BCUT2D eigenvalue weighted by Crippen LogP contribution is -2.48. The van der Waals surface area contributed by atoms with Crippen LogP contribution >= 0.6 is 0 Å². The maximum Gasteiger partial charge on any atom is 0.243 e. The number of piperidine rings is 1. The third-order valence-corrected chi connectivity index (χ3v) is 6.50. The van der Waals surface area contributed by atoms with Gasteiger partial charge in [-0.2, -0.15) is 0 Å². The van der Waals surface area contributed by atoms with Gasteiger partial charge in [-0.1, -0.05) is 6.92 Å². The second kappa shape index (κ2) is 9.44. The number of rotatable bonds is 8. The molecule has 7 heteroatoms. The van der Waals surface area contributed by atoms with Crippen LogP contribution in [-0.2, 0) is 14.8 Å². The smallest absolute Gasteiger partial charge is 0.243 e. The molecule has 0 saturated carbocycles. The topological polar surface area (TPSA) is 60.9 Å². The fraction of sp³-hybridized carbons (Fsp3) is 0.650. The van der Waals surface area contributed by atoms with Crippen LogP contribution in [0.4, 0.5) is 11.4 Å². The van der Waals surface area contributed by atoms with Crippen molar-refractivity contribution in [2.24, 2.45) is 0 Å². The summed E-state index contributed by atoms with van der Waals surface area (Å²) in [6.07, 6.45) is 5.18. The zero-order valence-electron chi connectivity index (χ0n) is 17.0. The van der Waals surface area contributed by atoms with Gasteiger partial charge in [0.15, 0.2) is 0 Å². The fourth-order valence-electron chi connectivity index (χ4n) is 3.79. The number of sulfonamides is 1. The zero-order valence-corrected chi connectivity index (χ0v) is 17.8. The number of anilines is 2. The van der Waals surface area contributed by atoms with Crippen LogP contribution < -0.4 is 9.21 Å². The Morgan fingerprint density at radius 1 is 1.07 bits per heavy atom. The van der Waals surface area contributed by atoms with Gasteiger partial charge in [0.2, 0.25) is 15.9 Å². The van der Waals surface area contributed by atoms with Crippen LogP contribution in [0.1, 0.15) is 46.5 Å². The predicted octanol–water partition coefficient (Wildman–Crippen LogP) is 3.09. The van der Waals surface area contributed by atoms with Crippen molar-refractivity contribution >= 4 is 27.3 Å². The minimum absolute atomic E-state index is 0.111. The van der Waals surface area contributed by atoms with Gasteiger partial charge >= 0.3 is 0 Å². The summed E-state index contributed by atoms with van der Waals surface area (Å²) >= 11 is 0. The van der Waals surface area contributed by atoms with E-state index in [0.29, 0.717) is 5.69 Å². The van der Waals surface area contributed by atoms with Crippen molar-refractivity contribution in [3.05, 3.63) is 24.3 Å². The molecule has 1 unspecified atom stereocenters. The summed E-state index contributed by atoms with van der Waals surface area (Å²) in [5, 5.41) is 0. The first-order valence-electron chi connectivity index (χ1n) is 9.93. The number of likely N-dealkylation sites (tertiary alicyclic amines) is 1. The van der Waals surface area contributed by atoms with Gasteiger partial charge in [0.05, 0.1) is 11.9 Å². The van der Waals surface area contributed by atoms with Crippen molar-refractivity contribution < 1.29 is 13.2 Å². The van der Waals surface area contributed by atoms with E-state index in [1.807, 2.05) is 17.0 Å². The van der Waals surface area contributed by atoms with E-state index < -0.39 is 10.0 Å². The van der Waals surface area contributed by atoms with Crippen LogP contribution in [-0.4, -0.2) is 57.7 Å². The van der Waals surface area contributed by atoms with Gasteiger partial charge in [0.25, 0.3) is 0 Å². The lowest BCUT2D eigenvalue weighted by molar-refractivity contribution is -0.133. The standard InChI is InChI=1S/C20H33N3O3S/c1-5-17-10-8-9-15-22(17)20(24)16-23(27(4,25)26)19-13-11-18(12-14-19)21(6-2)7-3/h11-14,17H,5-10,15-16H2,1-4H3. The second-order valence-electron chi connectivity index (χ2n) is 7.10. The molecule has 1 aliphatic rings. The zero-order chi connectivity index (χ0) is 20.0. The first-order chi connectivity index (χ1) is 12.8. The number of amides is 1. The molecule has 1 heterocycles. The predicted molar refractivity (Wildman–Crippen MR) is 112 cm³/mol. The highest BCUT2D eigenvalue weighted by molar-refractivity contribution is 7.92. The van der Waals surface area contributed by atoms with Crippen molar-refractivity contribution in [1.29, 1.82) is 0 Å². The van der Waals surface area contributed by atoms with Crippen molar-refractivity contribution in [1.82, 2.24) is 4.90 Å². The maximum atomic E-state index is 12.9. The highest BCUT2D eigenvalue weighted by atomic mass is 32.2. The summed E-state index contributed by atoms with van der Waals surface area (Å²) in [5.41, 5.74) is 1.58. The van der Waals surface area contributed by atoms with Gasteiger partial charge in [-0.05, 0) is 63.8 Å². The Labute approximate surface area is 164 Å². The monoisotopic (exact) mass is 395 g/mol. The molecule has 1 amide bonds. The number of benzene rings is 1. The summed E-state index contributed by atoms with van der Waals surface area (Å²) in [6, 6.07) is 7.63.